The van der Waals surface area contributed by atoms with Gasteiger partial charge in [0.2, 0.25) is 0 Å². The summed E-state index contributed by atoms with van der Waals surface area (Å²) in [6.45, 7) is 1.73. The maximum absolute atomic E-state index is 14.0. The Hall–Kier alpha value is -3.99. The molecule has 0 aliphatic carbocycles. The number of benzene rings is 3. The van der Waals surface area contributed by atoms with E-state index in [-0.39, 0.29) is 11.5 Å². The van der Waals surface area contributed by atoms with E-state index in [9.17, 15) is 18.0 Å². The van der Waals surface area contributed by atoms with Gasteiger partial charge < -0.3 is 24.8 Å². The fraction of sp³-hybridized carbons (Fsp3) is 0.185. The Morgan fingerprint density at radius 3 is 2.39 bits per heavy atom. The second-order valence-electron chi connectivity index (χ2n) is 8.22. The van der Waals surface area contributed by atoms with Crippen LogP contribution in [0.3, 0.4) is 0 Å². The highest BCUT2D eigenvalue weighted by atomic mass is 79.9. The summed E-state index contributed by atoms with van der Waals surface area (Å²) in [5, 5.41) is 5.47. The summed E-state index contributed by atoms with van der Waals surface area (Å²) >= 11 is 3.36. The predicted octanol–water partition coefficient (Wildman–Crippen LogP) is 7.71. The molecule has 4 aromatic rings. The monoisotopic (exact) mass is 589 g/mol. The standard InChI is InChI=1S/C27H23BrF3N3O4/c1-15(16-5-4-6-17(28)11-16)33-26(35)34-21-8-7-18(12-20(21)27(29,30)31)38-23-9-10-32-22-14-25(37-3)24(36-2)13-19(22)23/h4-15H,1-3H3,(H2,33,34,35)/t15-/m1/s1. The van der Waals surface area contributed by atoms with Crippen LogP contribution in [0.1, 0.15) is 24.1 Å². The Balaban J connectivity index is 1.59. The molecular weight excluding hydrogens is 567 g/mol. The van der Waals surface area contributed by atoms with Gasteiger partial charge in [-0.05, 0) is 55.0 Å². The summed E-state index contributed by atoms with van der Waals surface area (Å²) in [5.74, 6) is 1.06. The zero-order chi connectivity index (χ0) is 27.4. The van der Waals surface area contributed by atoms with Gasteiger partial charge in [0.25, 0.3) is 0 Å². The summed E-state index contributed by atoms with van der Waals surface area (Å²) < 4.78 is 59.1. The summed E-state index contributed by atoms with van der Waals surface area (Å²) in [4.78, 5) is 16.8. The number of ether oxygens (including phenoxy) is 3. The Bertz CT molecular complexity index is 1480. The van der Waals surface area contributed by atoms with Crippen molar-refractivity contribution < 1.29 is 32.2 Å². The molecule has 1 heterocycles. The maximum Gasteiger partial charge on any atom is 0.418 e. The zero-order valence-corrected chi connectivity index (χ0v) is 22.1. The average molecular weight is 590 g/mol. The molecule has 0 unspecified atom stereocenters. The molecular formula is C27H23BrF3N3O4. The lowest BCUT2D eigenvalue weighted by molar-refractivity contribution is -0.137. The molecule has 38 heavy (non-hydrogen) atoms. The van der Waals surface area contributed by atoms with Crippen LogP contribution in [0.2, 0.25) is 0 Å². The number of hydrogen-bond acceptors (Lipinski definition) is 5. The highest BCUT2D eigenvalue weighted by Crippen LogP contribution is 2.40. The van der Waals surface area contributed by atoms with Crippen LogP contribution in [0.15, 0.2) is 71.3 Å². The molecule has 7 nitrogen and oxygen atoms in total. The van der Waals surface area contributed by atoms with Gasteiger partial charge in [-0.1, -0.05) is 28.1 Å². The number of fused-ring (bicyclic) bond motifs is 1. The molecule has 2 N–H and O–H groups in total. The van der Waals surface area contributed by atoms with Crippen LogP contribution in [-0.4, -0.2) is 25.2 Å². The largest absolute Gasteiger partial charge is 0.493 e. The van der Waals surface area contributed by atoms with E-state index in [1.54, 1.807) is 31.2 Å². The van der Waals surface area contributed by atoms with E-state index in [0.717, 1.165) is 22.2 Å². The number of carbonyl (C=O) groups is 1. The third kappa shape index (κ3) is 6.10. The topological polar surface area (TPSA) is 81.7 Å². The zero-order valence-electron chi connectivity index (χ0n) is 20.5. The van der Waals surface area contributed by atoms with E-state index in [2.05, 4.69) is 31.5 Å². The summed E-state index contributed by atoms with van der Waals surface area (Å²) in [6, 6.07) is 14.2. The second kappa shape index (κ2) is 11.2. The number of nitrogens with zero attached hydrogens (tertiary/aromatic N) is 1. The van der Waals surface area contributed by atoms with Crippen LogP contribution in [0.5, 0.6) is 23.0 Å². The highest BCUT2D eigenvalue weighted by molar-refractivity contribution is 9.10. The van der Waals surface area contributed by atoms with Gasteiger partial charge in [-0.15, -0.1) is 0 Å². The Morgan fingerprint density at radius 1 is 0.974 bits per heavy atom. The SMILES string of the molecule is COc1cc2nccc(Oc3ccc(NC(=O)N[C@H](C)c4cccc(Br)c4)c(C(F)(F)F)c3)c2cc1OC. The number of aromatic nitrogens is 1. The van der Waals surface area contributed by atoms with Crippen LogP contribution in [0.4, 0.5) is 23.7 Å². The Morgan fingerprint density at radius 2 is 1.71 bits per heavy atom. The predicted molar refractivity (Wildman–Crippen MR) is 141 cm³/mol. The normalized spacial score (nSPS) is 12.1. The molecule has 0 aliphatic rings. The molecule has 1 atom stereocenters. The van der Waals surface area contributed by atoms with Crippen molar-refractivity contribution in [3.63, 3.8) is 0 Å². The van der Waals surface area contributed by atoms with E-state index in [4.69, 9.17) is 14.2 Å². The van der Waals surface area contributed by atoms with Crippen LogP contribution in [0, 0.1) is 0 Å². The number of carbonyl (C=O) groups excluding carboxylic acids is 1. The van der Waals surface area contributed by atoms with E-state index in [1.807, 2.05) is 12.1 Å². The molecule has 0 saturated carbocycles. The molecule has 1 aromatic heterocycles. The Labute approximate surface area is 225 Å². The van der Waals surface area contributed by atoms with Crippen LogP contribution in [-0.2, 0) is 6.18 Å². The lowest BCUT2D eigenvalue weighted by Gasteiger charge is -2.19. The van der Waals surface area contributed by atoms with Gasteiger partial charge in [0, 0.05) is 22.1 Å². The van der Waals surface area contributed by atoms with E-state index in [1.165, 1.54) is 32.5 Å². The number of amides is 2. The third-order valence-electron chi connectivity index (χ3n) is 5.68. The first-order valence-corrected chi connectivity index (χ1v) is 12.1. The molecule has 0 saturated heterocycles. The summed E-state index contributed by atoms with van der Waals surface area (Å²) in [5.41, 5.74) is -0.175. The lowest BCUT2D eigenvalue weighted by Crippen LogP contribution is -2.31. The molecule has 4 rings (SSSR count). The number of alkyl halides is 3. The van der Waals surface area contributed by atoms with Crippen LogP contribution < -0.4 is 24.8 Å². The molecule has 0 fully saturated rings. The molecule has 0 radical (unpaired) electrons. The lowest BCUT2D eigenvalue weighted by atomic mass is 10.1. The first kappa shape index (κ1) is 27.1. The fourth-order valence-electron chi connectivity index (χ4n) is 3.81. The Kier molecular flexibility index (Phi) is 7.96. The van der Waals surface area contributed by atoms with Crippen molar-refractivity contribution in [2.75, 3.05) is 19.5 Å². The fourth-order valence-corrected chi connectivity index (χ4v) is 4.23. The number of rotatable bonds is 7. The first-order chi connectivity index (χ1) is 18.1. The van der Waals surface area contributed by atoms with Gasteiger partial charge in [0.15, 0.2) is 11.5 Å². The van der Waals surface area contributed by atoms with Crippen molar-refractivity contribution in [3.05, 3.63) is 82.5 Å². The molecule has 0 bridgehead atoms. The summed E-state index contributed by atoms with van der Waals surface area (Å²) in [6.07, 6.45) is -3.28. The molecule has 3 aromatic carbocycles. The van der Waals surface area contributed by atoms with Crippen LogP contribution >= 0.6 is 15.9 Å². The minimum atomic E-state index is -4.76. The molecule has 0 aliphatic heterocycles. The number of pyridine rings is 1. The number of hydrogen-bond donors (Lipinski definition) is 2. The third-order valence-corrected chi connectivity index (χ3v) is 6.17. The minimum absolute atomic E-state index is 0.0759. The average Bonchev–Trinajstić information content (AvgIpc) is 2.88. The van der Waals surface area contributed by atoms with Crippen molar-refractivity contribution in [1.29, 1.82) is 0 Å². The number of anilines is 1. The number of halogens is 4. The minimum Gasteiger partial charge on any atom is -0.493 e. The van der Waals surface area contributed by atoms with Gasteiger partial charge in [-0.2, -0.15) is 13.2 Å². The van der Waals surface area contributed by atoms with Gasteiger partial charge in [-0.25, -0.2) is 4.79 Å². The van der Waals surface area contributed by atoms with Gasteiger partial charge in [0.05, 0.1) is 37.0 Å². The molecule has 2 amide bonds. The van der Waals surface area contributed by atoms with Crippen molar-refractivity contribution in [3.8, 4) is 23.0 Å². The van der Waals surface area contributed by atoms with Crippen molar-refractivity contribution in [1.82, 2.24) is 10.3 Å². The smallest absolute Gasteiger partial charge is 0.418 e. The number of methoxy groups -OCH3 is 2. The summed E-state index contributed by atoms with van der Waals surface area (Å²) in [7, 11) is 2.96. The molecule has 11 heteroatoms. The van der Waals surface area contributed by atoms with Crippen molar-refractivity contribution >= 4 is 38.6 Å². The van der Waals surface area contributed by atoms with Gasteiger partial charge >= 0.3 is 12.2 Å². The van der Waals surface area contributed by atoms with E-state index < -0.39 is 29.5 Å². The first-order valence-electron chi connectivity index (χ1n) is 11.3. The van der Waals surface area contributed by atoms with E-state index >= 15 is 0 Å². The van der Waals surface area contributed by atoms with Crippen LogP contribution in [0.25, 0.3) is 10.9 Å². The second-order valence-corrected chi connectivity index (χ2v) is 9.13. The van der Waals surface area contributed by atoms with Crippen molar-refractivity contribution in [2.24, 2.45) is 0 Å². The van der Waals surface area contributed by atoms with Gasteiger partial charge in [-0.3, -0.25) is 4.98 Å². The number of nitrogens with one attached hydrogen (secondary N) is 2. The van der Waals surface area contributed by atoms with Crippen molar-refractivity contribution in [2.45, 2.75) is 19.1 Å². The molecule has 198 valence electrons. The quantitative estimate of drug-likeness (QED) is 0.231. The highest BCUT2D eigenvalue weighted by Gasteiger charge is 2.35. The molecule has 0 spiro atoms. The maximum atomic E-state index is 14.0. The van der Waals surface area contributed by atoms with E-state index in [0.29, 0.717) is 22.4 Å². The van der Waals surface area contributed by atoms with Gasteiger partial charge in [0.1, 0.15) is 11.5 Å². The number of urea groups is 1.